The van der Waals surface area contributed by atoms with Crippen molar-refractivity contribution in [3.05, 3.63) is 70.2 Å². The highest BCUT2D eigenvalue weighted by atomic mass is 35.5. The van der Waals surface area contributed by atoms with Crippen LogP contribution in [0, 0.1) is 5.92 Å². The van der Waals surface area contributed by atoms with Crippen LogP contribution in [0.2, 0.25) is 5.02 Å². The van der Waals surface area contributed by atoms with Gasteiger partial charge in [0.2, 0.25) is 0 Å². The lowest BCUT2D eigenvalue weighted by atomic mass is 9.91. The number of rotatable bonds is 4. The SMILES string of the molecule is C[C@H](N)[C@H]1CCCN(C(=O)c2ccccc2C(=O)c2ccc(Cl)cc2)C1. The molecule has 1 amide bonds. The Morgan fingerprint density at radius 1 is 1.12 bits per heavy atom. The summed E-state index contributed by atoms with van der Waals surface area (Å²) in [7, 11) is 0. The first-order valence-electron chi connectivity index (χ1n) is 8.91. The first kappa shape index (κ1) is 18.6. The molecule has 0 bridgehead atoms. The molecule has 3 rings (SSSR count). The van der Waals surface area contributed by atoms with E-state index in [1.165, 1.54) is 0 Å². The molecule has 1 heterocycles. The van der Waals surface area contributed by atoms with E-state index in [0.717, 1.165) is 12.8 Å². The van der Waals surface area contributed by atoms with E-state index in [1.807, 2.05) is 11.8 Å². The van der Waals surface area contributed by atoms with Crippen LogP contribution in [0.15, 0.2) is 48.5 Å². The zero-order valence-corrected chi connectivity index (χ0v) is 15.6. The fourth-order valence-electron chi connectivity index (χ4n) is 3.42. The van der Waals surface area contributed by atoms with E-state index < -0.39 is 0 Å². The van der Waals surface area contributed by atoms with Crippen molar-refractivity contribution in [3.63, 3.8) is 0 Å². The van der Waals surface area contributed by atoms with Crippen LogP contribution in [0.1, 0.15) is 46.0 Å². The number of nitrogens with zero attached hydrogens (tertiary/aromatic N) is 1. The molecule has 0 unspecified atom stereocenters. The summed E-state index contributed by atoms with van der Waals surface area (Å²) in [5, 5.41) is 0.571. The number of hydrogen-bond acceptors (Lipinski definition) is 3. The zero-order valence-electron chi connectivity index (χ0n) is 14.8. The Kier molecular flexibility index (Phi) is 5.74. The van der Waals surface area contributed by atoms with Crippen molar-refractivity contribution in [2.45, 2.75) is 25.8 Å². The predicted octanol–water partition coefficient (Wildman–Crippen LogP) is 3.77. The van der Waals surface area contributed by atoms with Gasteiger partial charge in [0.25, 0.3) is 5.91 Å². The summed E-state index contributed by atoms with van der Waals surface area (Å²) in [6.45, 7) is 3.32. The number of hydrogen-bond donors (Lipinski definition) is 1. The third-order valence-corrected chi connectivity index (χ3v) is 5.25. The third-order valence-electron chi connectivity index (χ3n) is 5.00. The van der Waals surface area contributed by atoms with E-state index in [9.17, 15) is 9.59 Å². The molecule has 1 aliphatic rings. The van der Waals surface area contributed by atoms with Gasteiger partial charge in [-0.1, -0.05) is 29.8 Å². The highest BCUT2D eigenvalue weighted by Crippen LogP contribution is 2.23. The summed E-state index contributed by atoms with van der Waals surface area (Å²) < 4.78 is 0. The van der Waals surface area contributed by atoms with E-state index in [4.69, 9.17) is 17.3 Å². The third kappa shape index (κ3) is 3.97. The smallest absolute Gasteiger partial charge is 0.254 e. The molecule has 0 aliphatic carbocycles. The topological polar surface area (TPSA) is 63.4 Å². The van der Waals surface area contributed by atoms with Crippen molar-refractivity contribution >= 4 is 23.3 Å². The van der Waals surface area contributed by atoms with Crippen LogP contribution in [-0.2, 0) is 0 Å². The summed E-state index contributed by atoms with van der Waals surface area (Å²) >= 11 is 5.90. The first-order valence-corrected chi connectivity index (χ1v) is 9.29. The van der Waals surface area contributed by atoms with Gasteiger partial charge in [0.15, 0.2) is 5.78 Å². The number of nitrogens with two attached hydrogens (primary N) is 1. The molecule has 0 aromatic heterocycles. The van der Waals surface area contributed by atoms with Gasteiger partial charge in [0, 0.05) is 35.3 Å². The Morgan fingerprint density at radius 2 is 1.77 bits per heavy atom. The first-order chi connectivity index (χ1) is 12.5. The Labute approximate surface area is 158 Å². The summed E-state index contributed by atoms with van der Waals surface area (Å²) in [6, 6.07) is 13.8. The molecule has 0 saturated carbocycles. The monoisotopic (exact) mass is 370 g/mol. The second-order valence-electron chi connectivity index (χ2n) is 6.89. The van der Waals surface area contributed by atoms with Gasteiger partial charge >= 0.3 is 0 Å². The van der Waals surface area contributed by atoms with E-state index >= 15 is 0 Å². The molecule has 0 radical (unpaired) electrons. The number of ketones is 1. The maximum Gasteiger partial charge on any atom is 0.254 e. The average Bonchev–Trinajstić information content (AvgIpc) is 2.67. The summed E-state index contributed by atoms with van der Waals surface area (Å²) in [6.07, 6.45) is 1.97. The lowest BCUT2D eigenvalue weighted by Crippen LogP contribution is -2.45. The molecule has 2 atom stereocenters. The van der Waals surface area contributed by atoms with E-state index in [0.29, 0.717) is 40.7 Å². The van der Waals surface area contributed by atoms with Gasteiger partial charge in [-0.2, -0.15) is 0 Å². The molecule has 5 heteroatoms. The van der Waals surface area contributed by atoms with Crippen LogP contribution >= 0.6 is 11.6 Å². The van der Waals surface area contributed by atoms with Crippen LogP contribution in [-0.4, -0.2) is 35.7 Å². The minimum Gasteiger partial charge on any atom is -0.338 e. The van der Waals surface area contributed by atoms with Crippen LogP contribution in [0.3, 0.4) is 0 Å². The standard InChI is InChI=1S/C21H23ClN2O2/c1-14(23)16-5-4-12-24(13-16)21(26)19-7-3-2-6-18(19)20(25)15-8-10-17(22)11-9-15/h2-3,6-11,14,16H,4-5,12-13,23H2,1H3/t14-,16-/m0/s1. The molecule has 1 aliphatic heterocycles. The number of carbonyl (C=O) groups is 2. The highest BCUT2D eigenvalue weighted by Gasteiger charge is 2.28. The number of halogens is 1. The molecule has 2 aromatic rings. The van der Waals surface area contributed by atoms with Gasteiger partial charge in [0.05, 0.1) is 5.56 Å². The Morgan fingerprint density at radius 3 is 2.42 bits per heavy atom. The maximum atomic E-state index is 13.1. The molecule has 2 aromatic carbocycles. The van der Waals surface area contributed by atoms with Crippen LogP contribution in [0.5, 0.6) is 0 Å². The molecule has 4 nitrogen and oxygen atoms in total. The van der Waals surface area contributed by atoms with Crippen molar-refractivity contribution in [3.8, 4) is 0 Å². The number of benzene rings is 2. The quantitative estimate of drug-likeness (QED) is 0.833. The minimum atomic E-state index is -0.175. The molecule has 0 spiro atoms. The second-order valence-corrected chi connectivity index (χ2v) is 7.33. The molecular weight excluding hydrogens is 348 g/mol. The van der Waals surface area contributed by atoms with E-state index in [2.05, 4.69) is 0 Å². The Hall–Kier alpha value is -2.17. The lowest BCUT2D eigenvalue weighted by molar-refractivity contribution is 0.0657. The fourth-order valence-corrected chi connectivity index (χ4v) is 3.54. The van der Waals surface area contributed by atoms with Crippen molar-refractivity contribution in [2.75, 3.05) is 13.1 Å². The number of likely N-dealkylation sites (tertiary alicyclic amines) is 1. The van der Waals surface area contributed by atoms with Crippen molar-refractivity contribution in [2.24, 2.45) is 11.7 Å². The summed E-state index contributed by atoms with van der Waals surface area (Å²) in [5.74, 6) is 0.0199. The molecule has 1 saturated heterocycles. The summed E-state index contributed by atoms with van der Waals surface area (Å²) in [4.78, 5) is 27.8. The van der Waals surface area contributed by atoms with Gasteiger partial charge < -0.3 is 10.6 Å². The number of piperidine rings is 1. The highest BCUT2D eigenvalue weighted by molar-refractivity contribution is 6.30. The van der Waals surface area contributed by atoms with Gasteiger partial charge in [-0.15, -0.1) is 0 Å². The van der Waals surface area contributed by atoms with E-state index in [-0.39, 0.29) is 17.7 Å². The average molecular weight is 371 g/mol. The van der Waals surface area contributed by atoms with Crippen molar-refractivity contribution in [1.82, 2.24) is 4.90 Å². The molecular formula is C21H23ClN2O2. The largest absolute Gasteiger partial charge is 0.338 e. The number of amides is 1. The Bertz CT molecular complexity index is 802. The van der Waals surface area contributed by atoms with Crippen LogP contribution in [0.4, 0.5) is 0 Å². The van der Waals surface area contributed by atoms with Crippen molar-refractivity contribution in [1.29, 1.82) is 0 Å². The van der Waals surface area contributed by atoms with Gasteiger partial charge in [-0.3, -0.25) is 9.59 Å². The summed E-state index contributed by atoms with van der Waals surface area (Å²) in [5.41, 5.74) is 7.41. The predicted molar refractivity (Wildman–Crippen MR) is 104 cm³/mol. The Balaban J connectivity index is 1.88. The molecule has 1 fully saturated rings. The number of carbonyl (C=O) groups excluding carboxylic acids is 2. The minimum absolute atomic E-state index is 0.0524. The zero-order chi connectivity index (χ0) is 18.7. The molecule has 26 heavy (non-hydrogen) atoms. The van der Waals surface area contributed by atoms with Gasteiger partial charge in [0.1, 0.15) is 0 Å². The van der Waals surface area contributed by atoms with Crippen molar-refractivity contribution < 1.29 is 9.59 Å². The fraction of sp³-hybridized carbons (Fsp3) is 0.333. The van der Waals surface area contributed by atoms with Gasteiger partial charge in [-0.05, 0) is 56.0 Å². The molecule has 2 N–H and O–H groups in total. The lowest BCUT2D eigenvalue weighted by Gasteiger charge is -2.35. The second kappa shape index (κ2) is 8.02. The maximum absolute atomic E-state index is 13.1. The normalized spacial score (nSPS) is 18.4. The van der Waals surface area contributed by atoms with Gasteiger partial charge in [-0.25, -0.2) is 0 Å². The van der Waals surface area contributed by atoms with E-state index in [1.54, 1.807) is 48.5 Å². The molecule has 136 valence electrons. The van der Waals surface area contributed by atoms with Crippen LogP contribution < -0.4 is 5.73 Å². The van der Waals surface area contributed by atoms with Crippen LogP contribution in [0.25, 0.3) is 0 Å².